The zero-order valence-corrected chi connectivity index (χ0v) is 15.5. The van der Waals surface area contributed by atoms with E-state index >= 15 is 0 Å². The highest BCUT2D eigenvalue weighted by molar-refractivity contribution is 7.19. The maximum absolute atomic E-state index is 12.8. The molecule has 0 N–H and O–H groups in total. The Hall–Kier alpha value is -2.74. The van der Waals surface area contributed by atoms with Crippen LogP contribution in [0.4, 0.5) is 5.82 Å². The number of methoxy groups -OCH3 is 1. The summed E-state index contributed by atoms with van der Waals surface area (Å²) < 4.78 is 7.12. The Morgan fingerprint density at radius 1 is 1.31 bits per heavy atom. The van der Waals surface area contributed by atoms with Crippen molar-refractivity contribution in [3.8, 4) is 5.69 Å². The second-order valence-corrected chi connectivity index (χ2v) is 7.50. The lowest BCUT2D eigenvalue weighted by Gasteiger charge is -2.14. The van der Waals surface area contributed by atoms with E-state index in [9.17, 15) is 9.59 Å². The number of benzene rings is 1. The topological polar surface area (TPSA) is 77.3 Å². The quantitative estimate of drug-likeness (QED) is 0.657. The third-order valence-corrected chi connectivity index (χ3v) is 5.51. The first kappa shape index (κ1) is 16.7. The number of rotatable bonds is 4. The molecule has 1 aliphatic rings. The zero-order valence-electron chi connectivity index (χ0n) is 14.7. The molecule has 2 aromatic heterocycles. The normalized spacial score (nSPS) is 13.8. The number of nitrogens with zero attached hydrogens (tertiary/aromatic N) is 4. The summed E-state index contributed by atoms with van der Waals surface area (Å²) in [6, 6.07) is 6.75. The second-order valence-electron chi connectivity index (χ2n) is 6.47. The number of hydrogen-bond donors (Lipinski definition) is 0. The van der Waals surface area contributed by atoms with Gasteiger partial charge >= 0.3 is 11.7 Å². The predicted octanol–water partition coefficient (Wildman–Crippen LogP) is 2.57. The lowest BCUT2D eigenvalue weighted by molar-refractivity contribution is 0.0600. The number of aromatic nitrogens is 3. The molecule has 1 saturated carbocycles. The number of fused-ring (bicyclic) bond motifs is 1. The van der Waals surface area contributed by atoms with Crippen LogP contribution in [0.25, 0.3) is 16.0 Å². The van der Waals surface area contributed by atoms with Gasteiger partial charge in [0.15, 0.2) is 11.5 Å². The van der Waals surface area contributed by atoms with Crippen molar-refractivity contribution in [1.29, 1.82) is 0 Å². The number of carbonyl (C=O) groups excluding carboxylic acids is 1. The van der Waals surface area contributed by atoms with Crippen LogP contribution < -0.4 is 10.6 Å². The minimum Gasteiger partial charge on any atom is -0.465 e. The number of anilines is 1. The molecule has 3 aromatic rings. The first-order chi connectivity index (χ1) is 12.5. The van der Waals surface area contributed by atoms with E-state index in [2.05, 4.69) is 4.98 Å². The van der Waals surface area contributed by atoms with Gasteiger partial charge in [0.2, 0.25) is 0 Å². The second kappa shape index (κ2) is 6.21. The number of ether oxygens (including phenoxy) is 1. The van der Waals surface area contributed by atoms with Crippen LogP contribution in [-0.4, -0.2) is 41.7 Å². The lowest BCUT2D eigenvalue weighted by atomic mass is 10.2. The zero-order chi connectivity index (χ0) is 18.4. The number of thiazole rings is 1. The molecule has 26 heavy (non-hydrogen) atoms. The fourth-order valence-electron chi connectivity index (χ4n) is 2.84. The molecular formula is C18H18N4O3S. The summed E-state index contributed by atoms with van der Waals surface area (Å²) in [5, 5.41) is 1.04. The molecule has 4 rings (SSSR count). The molecule has 7 nitrogen and oxygen atoms in total. The molecule has 0 unspecified atom stereocenters. The molecular weight excluding hydrogens is 352 g/mol. The lowest BCUT2D eigenvalue weighted by Crippen LogP contribution is -2.25. The predicted molar refractivity (Wildman–Crippen MR) is 101 cm³/mol. The summed E-state index contributed by atoms with van der Waals surface area (Å²) in [5.41, 5.74) is 1.09. The third-order valence-electron chi connectivity index (χ3n) is 4.31. The number of hydrogen-bond acceptors (Lipinski definition) is 7. The highest BCUT2D eigenvalue weighted by Crippen LogP contribution is 2.44. The van der Waals surface area contributed by atoms with E-state index in [1.807, 2.05) is 19.0 Å². The van der Waals surface area contributed by atoms with Crippen LogP contribution in [-0.2, 0) is 4.74 Å². The van der Waals surface area contributed by atoms with Gasteiger partial charge in [0.1, 0.15) is 4.70 Å². The summed E-state index contributed by atoms with van der Waals surface area (Å²) >= 11 is 1.59. The van der Waals surface area contributed by atoms with Gasteiger partial charge in [0.25, 0.3) is 0 Å². The molecule has 8 heteroatoms. The van der Waals surface area contributed by atoms with E-state index in [-0.39, 0.29) is 0 Å². The highest BCUT2D eigenvalue weighted by atomic mass is 32.1. The Morgan fingerprint density at radius 3 is 2.73 bits per heavy atom. The molecule has 0 radical (unpaired) electrons. The molecule has 2 heterocycles. The van der Waals surface area contributed by atoms with Gasteiger partial charge < -0.3 is 9.64 Å². The molecule has 0 spiro atoms. The van der Waals surface area contributed by atoms with Crippen molar-refractivity contribution in [2.24, 2.45) is 0 Å². The molecule has 134 valence electrons. The summed E-state index contributed by atoms with van der Waals surface area (Å²) in [5.74, 6) is 0.646. The van der Waals surface area contributed by atoms with Crippen molar-refractivity contribution in [3.05, 3.63) is 45.3 Å². The molecule has 0 aliphatic heterocycles. The SMILES string of the molecule is COC(=O)c1cccc(-n2c(=O)nc(N(C)C)c3sc(C4CC4)nc32)c1. The molecule has 0 amide bonds. The minimum absolute atomic E-state index is 0.374. The molecule has 0 bridgehead atoms. The first-order valence-electron chi connectivity index (χ1n) is 8.29. The first-order valence-corrected chi connectivity index (χ1v) is 9.11. The highest BCUT2D eigenvalue weighted by Gasteiger charge is 2.29. The Balaban J connectivity index is 1.98. The van der Waals surface area contributed by atoms with Gasteiger partial charge in [-0.3, -0.25) is 0 Å². The monoisotopic (exact) mass is 370 g/mol. The van der Waals surface area contributed by atoms with Gasteiger partial charge in [-0.15, -0.1) is 11.3 Å². The van der Waals surface area contributed by atoms with Crippen molar-refractivity contribution in [2.75, 3.05) is 26.1 Å². The summed E-state index contributed by atoms with van der Waals surface area (Å²) in [4.78, 5) is 35.5. The van der Waals surface area contributed by atoms with Crippen LogP contribution in [0.1, 0.15) is 34.1 Å². The number of esters is 1. The van der Waals surface area contributed by atoms with Crippen molar-refractivity contribution in [2.45, 2.75) is 18.8 Å². The summed E-state index contributed by atoms with van der Waals surface area (Å²) in [6.45, 7) is 0. The van der Waals surface area contributed by atoms with Crippen LogP contribution in [0.5, 0.6) is 0 Å². The van der Waals surface area contributed by atoms with Gasteiger partial charge in [0.05, 0.1) is 23.4 Å². The van der Waals surface area contributed by atoms with Gasteiger partial charge in [-0.1, -0.05) is 6.07 Å². The fourth-order valence-corrected chi connectivity index (χ4v) is 4.13. The van der Waals surface area contributed by atoms with Crippen molar-refractivity contribution < 1.29 is 9.53 Å². The van der Waals surface area contributed by atoms with Gasteiger partial charge in [-0.2, -0.15) is 4.98 Å². The Kier molecular flexibility index (Phi) is 3.99. The van der Waals surface area contributed by atoms with Crippen molar-refractivity contribution in [3.63, 3.8) is 0 Å². The minimum atomic E-state index is -0.453. The summed E-state index contributed by atoms with van der Waals surface area (Å²) in [6.07, 6.45) is 2.26. The van der Waals surface area contributed by atoms with Gasteiger partial charge in [0, 0.05) is 20.0 Å². The number of carbonyl (C=O) groups is 1. The van der Waals surface area contributed by atoms with Crippen LogP contribution in [0.2, 0.25) is 0 Å². The van der Waals surface area contributed by atoms with E-state index in [0.717, 1.165) is 22.5 Å². The van der Waals surface area contributed by atoms with Gasteiger partial charge in [-0.05, 0) is 31.0 Å². The smallest absolute Gasteiger partial charge is 0.355 e. The van der Waals surface area contributed by atoms with E-state index in [0.29, 0.717) is 28.6 Å². The van der Waals surface area contributed by atoms with Crippen LogP contribution in [0.15, 0.2) is 29.1 Å². The Morgan fingerprint density at radius 2 is 2.08 bits per heavy atom. The average molecular weight is 370 g/mol. The molecule has 1 fully saturated rings. The van der Waals surface area contributed by atoms with Crippen molar-refractivity contribution in [1.82, 2.24) is 14.5 Å². The third kappa shape index (κ3) is 2.76. The van der Waals surface area contributed by atoms with Gasteiger partial charge in [-0.25, -0.2) is 19.1 Å². The van der Waals surface area contributed by atoms with E-state index in [4.69, 9.17) is 9.72 Å². The van der Waals surface area contributed by atoms with E-state index in [1.54, 1.807) is 35.6 Å². The summed E-state index contributed by atoms with van der Waals surface area (Å²) in [7, 11) is 5.05. The molecule has 0 saturated heterocycles. The average Bonchev–Trinajstić information content (AvgIpc) is 3.39. The van der Waals surface area contributed by atoms with Crippen LogP contribution in [0.3, 0.4) is 0 Å². The molecule has 1 aliphatic carbocycles. The Bertz CT molecular complexity index is 1070. The molecule has 0 atom stereocenters. The standard InChI is InChI=1S/C18H18N4O3S/c1-21(2)14-13-15(19-16(26-13)10-7-8-10)22(18(24)20-14)12-6-4-5-11(9-12)17(23)25-3/h4-6,9-10H,7-8H2,1-3H3. The van der Waals surface area contributed by atoms with Crippen molar-refractivity contribution >= 4 is 33.5 Å². The van der Waals surface area contributed by atoms with Crippen LogP contribution >= 0.6 is 11.3 Å². The molecule has 1 aromatic carbocycles. The maximum atomic E-state index is 12.8. The van der Waals surface area contributed by atoms with Crippen LogP contribution in [0, 0.1) is 0 Å². The van der Waals surface area contributed by atoms with E-state index in [1.165, 1.54) is 11.7 Å². The Labute approximate surface area is 153 Å². The fraction of sp³-hybridized carbons (Fsp3) is 0.333. The largest absolute Gasteiger partial charge is 0.465 e. The van der Waals surface area contributed by atoms with E-state index < -0.39 is 11.7 Å². The maximum Gasteiger partial charge on any atom is 0.355 e.